The van der Waals surface area contributed by atoms with E-state index in [9.17, 15) is 0 Å². The van der Waals surface area contributed by atoms with Crippen molar-refractivity contribution in [3.8, 4) is 12.1 Å². The fourth-order valence-corrected chi connectivity index (χ4v) is 3.80. The Labute approximate surface area is 87.1 Å². The van der Waals surface area contributed by atoms with Crippen molar-refractivity contribution in [3.63, 3.8) is 0 Å². The van der Waals surface area contributed by atoms with Gasteiger partial charge in [-0.25, -0.2) is 0 Å². The minimum atomic E-state index is -0.855. The monoisotopic (exact) mass is 213 g/mol. The molecule has 3 nitrogen and oxygen atoms in total. The number of thioether (sulfide) groups is 2. The molecule has 0 spiro atoms. The molecule has 1 aliphatic rings. The molecular weight excluding hydrogens is 202 g/mol. The number of nitriles is 2. The van der Waals surface area contributed by atoms with Crippen LogP contribution in [0.15, 0.2) is 0 Å². The summed E-state index contributed by atoms with van der Waals surface area (Å²) in [5, 5.41) is 17.7. The van der Waals surface area contributed by atoms with Gasteiger partial charge in [0.15, 0.2) is 0 Å². The molecule has 0 bridgehead atoms. The molecule has 1 heterocycles. The summed E-state index contributed by atoms with van der Waals surface area (Å²) in [5.74, 6) is 1.72. The van der Waals surface area contributed by atoms with Crippen LogP contribution >= 0.6 is 23.5 Å². The van der Waals surface area contributed by atoms with E-state index >= 15 is 0 Å². The van der Waals surface area contributed by atoms with Gasteiger partial charge >= 0.3 is 0 Å². The Morgan fingerprint density at radius 2 is 1.69 bits per heavy atom. The van der Waals surface area contributed by atoms with Gasteiger partial charge in [0.1, 0.15) is 12.1 Å². The molecule has 0 radical (unpaired) electrons. The Bertz CT molecular complexity index is 240. The van der Waals surface area contributed by atoms with Gasteiger partial charge in [-0.1, -0.05) is 0 Å². The van der Waals surface area contributed by atoms with Crippen LogP contribution < -0.4 is 0 Å². The van der Waals surface area contributed by atoms with Crippen LogP contribution in [-0.4, -0.2) is 40.6 Å². The predicted molar refractivity (Wildman–Crippen MR) is 56.3 cm³/mol. The van der Waals surface area contributed by atoms with Gasteiger partial charge in [0, 0.05) is 17.5 Å². The van der Waals surface area contributed by atoms with Gasteiger partial charge < -0.3 is 4.90 Å². The Hall–Kier alpha value is -0.360. The van der Waals surface area contributed by atoms with Crippen LogP contribution in [0.5, 0.6) is 0 Å². The molecule has 1 rings (SSSR count). The Morgan fingerprint density at radius 1 is 1.23 bits per heavy atom. The van der Waals surface area contributed by atoms with E-state index in [1.165, 1.54) is 23.5 Å². The molecular formula is C8H11N3S2. The zero-order chi connectivity index (χ0) is 9.90. The third-order valence-corrected chi connectivity index (χ3v) is 4.97. The van der Waals surface area contributed by atoms with E-state index in [1.807, 2.05) is 14.1 Å². The van der Waals surface area contributed by atoms with Crippen molar-refractivity contribution < 1.29 is 0 Å². The fraction of sp³-hybridized carbons (Fsp3) is 0.750. The van der Waals surface area contributed by atoms with Crippen molar-refractivity contribution in [1.82, 2.24) is 4.90 Å². The van der Waals surface area contributed by atoms with Crippen molar-refractivity contribution in [2.75, 3.05) is 25.6 Å². The average Bonchev–Trinajstić information content (AvgIpc) is 2.18. The van der Waals surface area contributed by atoms with Gasteiger partial charge in [-0.15, -0.1) is 23.5 Å². The second-order valence-electron chi connectivity index (χ2n) is 3.08. The highest BCUT2D eigenvalue weighted by molar-refractivity contribution is 8.19. The van der Waals surface area contributed by atoms with E-state index in [0.717, 1.165) is 11.5 Å². The Balaban J connectivity index is 2.58. The zero-order valence-electron chi connectivity index (χ0n) is 7.65. The Morgan fingerprint density at radius 3 is 2.00 bits per heavy atom. The first kappa shape index (κ1) is 10.7. The molecule has 5 heteroatoms. The molecule has 70 valence electrons. The van der Waals surface area contributed by atoms with Crippen molar-refractivity contribution in [2.24, 2.45) is 0 Å². The Kier molecular flexibility index (Phi) is 3.49. The second kappa shape index (κ2) is 4.23. The lowest BCUT2D eigenvalue weighted by Gasteiger charge is -2.32. The molecule has 0 aromatic carbocycles. The lowest BCUT2D eigenvalue weighted by molar-refractivity contribution is 0.343. The van der Waals surface area contributed by atoms with E-state index in [-0.39, 0.29) is 0 Å². The average molecular weight is 213 g/mol. The van der Waals surface area contributed by atoms with Gasteiger partial charge in [-0.2, -0.15) is 10.5 Å². The molecule has 1 fully saturated rings. The van der Waals surface area contributed by atoms with Crippen LogP contribution in [0.2, 0.25) is 0 Å². The first-order chi connectivity index (χ1) is 6.13. The highest BCUT2D eigenvalue weighted by atomic mass is 32.2. The van der Waals surface area contributed by atoms with Crippen LogP contribution in [0.4, 0.5) is 0 Å². The first-order valence-electron chi connectivity index (χ1n) is 3.90. The molecule has 0 unspecified atom stereocenters. The summed E-state index contributed by atoms with van der Waals surface area (Å²) in [7, 11) is 4.05. The maximum atomic E-state index is 8.84. The topological polar surface area (TPSA) is 50.8 Å². The van der Waals surface area contributed by atoms with E-state index in [2.05, 4.69) is 17.0 Å². The minimum Gasteiger partial charge on any atom is -0.305 e. The zero-order valence-corrected chi connectivity index (χ0v) is 9.28. The van der Waals surface area contributed by atoms with Gasteiger partial charge in [-0.3, -0.25) is 0 Å². The first-order valence-corrected chi connectivity index (χ1v) is 5.87. The van der Waals surface area contributed by atoms with Crippen molar-refractivity contribution in [3.05, 3.63) is 0 Å². The smallest absolute Gasteiger partial charge is 0.234 e. The third-order valence-electron chi connectivity index (χ3n) is 1.98. The molecule has 0 amide bonds. The second-order valence-corrected chi connectivity index (χ2v) is 5.81. The number of rotatable bonds is 1. The molecule has 1 aliphatic heterocycles. The van der Waals surface area contributed by atoms with E-state index in [4.69, 9.17) is 10.5 Å². The van der Waals surface area contributed by atoms with Crippen molar-refractivity contribution in [1.29, 1.82) is 10.5 Å². The largest absolute Gasteiger partial charge is 0.305 e. The maximum Gasteiger partial charge on any atom is 0.234 e. The van der Waals surface area contributed by atoms with E-state index in [1.54, 1.807) is 0 Å². The summed E-state index contributed by atoms with van der Waals surface area (Å²) < 4.78 is -0.855. The van der Waals surface area contributed by atoms with E-state index in [0.29, 0.717) is 6.04 Å². The van der Waals surface area contributed by atoms with E-state index < -0.39 is 4.08 Å². The minimum absolute atomic E-state index is 0.477. The summed E-state index contributed by atoms with van der Waals surface area (Å²) in [5.41, 5.74) is 0. The summed E-state index contributed by atoms with van der Waals surface area (Å²) >= 11 is 2.89. The highest BCUT2D eigenvalue weighted by Crippen LogP contribution is 2.41. The van der Waals surface area contributed by atoms with Gasteiger partial charge in [0.25, 0.3) is 0 Å². The fourth-order valence-electron chi connectivity index (χ4n) is 0.969. The summed E-state index contributed by atoms with van der Waals surface area (Å²) in [4.78, 5) is 2.14. The highest BCUT2D eigenvalue weighted by Gasteiger charge is 2.37. The number of nitrogens with zero attached hydrogens (tertiary/aromatic N) is 3. The van der Waals surface area contributed by atoms with Crippen LogP contribution in [0.3, 0.4) is 0 Å². The molecule has 0 N–H and O–H groups in total. The molecule has 1 saturated heterocycles. The lowest BCUT2D eigenvalue weighted by atomic mass is 10.4. The molecule has 13 heavy (non-hydrogen) atoms. The van der Waals surface area contributed by atoms with Gasteiger partial charge in [0.2, 0.25) is 4.08 Å². The van der Waals surface area contributed by atoms with Crippen LogP contribution in [0.1, 0.15) is 0 Å². The standard InChI is InChI=1S/C8H11N3S2/c1-11(2)7-3-12-8(5-9,6-10)13-4-7/h7H,3-4H2,1-2H3. The van der Waals surface area contributed by atoms with Gasteiger partial charge in [0.05, 0.1) is 0 Å². The third kappa shape index (κ3) is 2.31. The number of hydrogen-bond acceptors (Lipinski definition) is 5. The van der Waals surface area contributed by atoms with Gasteiger partial charge in [-0.05, 0) is 14.1 Å². The molecule has 0 aromatic heterocycles. The van der Waals surface area contributed by atoms with Crippen LogP contribution in [-0.2, 0) is 0 Å². The molecule has 0 saturated carbocycles. The van der Waals surface area contributed by atoms with Crippen LogP contribution in [0.25, 0.3) is 0 Å². The quantitative estimate of drug-likeness (QED) is 0.654. The summed E-state index contributed by atoms with van der Waals surface area (Å²) in [6.45, 7) is 0. The summed E-state index contributed by atoms with van der Waals surface area (Å²) in [6, 6.07) is 4.62. The predicted octanol–water partition coefficient (Wildman–Crippen LogP) is 1.14. The van der Waals surface area contributed by atoms with Crippen molar-refractivity contribution >= 4 is 23.5 Å². The molecule has 0 aromatic rings. The maximum absolute atomic E-state index is 8.84. The van der Waals surface area contributed by atoms with Crippen LogP contribution in [0, 0.1) is 22.7 Å². The lowest BCUT2D eigenvalue weighted by Crippen LogP contribution is -2.39. The SMILES string of the molecule is CN(C)C1CSC(C#N)(C#N)SC1. The number of hydrogen-bond donors (Lipinski definition) is 0. The van der Waals surface area contributed by atoms with Crippen molar-refractivity contribution in [2.45, 2.75) is 10.1 Å². The normalized spacial score (nSPS) is 22.2. The molecule has 0 atom stereocenters. The molecule has 0 aliphatic carbocycles. The summed E-state index contributed by atoms with van der Waals surface area (Å²) in [6.07, 6.45) is 0.